The van der Waals surface area contributed by atoms with Gasteiger partial charge in [0, 0.05) is 37.1 Å². The second-order valence-corrected chi connectivity index (χ2v) is 7.50. The summed E-state index contributed by atoms with van der Waals surface area (Å²) in [6, 6.07) is 14.3. The number of piperazine rings is 1. The zero-order valence-corrected chi connectivity index (χ0v) is 17.6. The molecule has 31 heavy (non-hydrogen) atoms. The third-order valence-electron chi connectivity index (χ3n) is 5.57. The molecule has 1 saturated heterocycles. The molecule has 0 spiro atoms. The van der Waals surface area contributed by atoms with Crippen LogP contribution in [0.15, 0.2) is 53.3 Å². The molecule has 2 amide bonds. The topological polar surface area (TPSA) is 84.7 Å². The fraction of sp³-hybridized carbons (Fsp3) is 0.304. The number of carbonyl (C=O) groups is 2. The first-order valence-electron chi connectivity index (χ1n) is 10.2. The number of aryl methyl sites for hydroxylation is 1. The predicted octanol–water partition coefficient (Wildman–Crippen LogP) is 1.70. The minimum Gasteiger partial charge on any atom is -0.497 e. The Morgan fingerprint density at radius 3 is 2.35 bits per heavy atom. The summed E-state index contributed by atoms with van der Waals surface area (Å²) in [7, 11) is 1.56. The normalized spacial score (nSPS) is 14.0. The molecule has 4 rings (SSSR count). The van der Waals surface area contributed by atoms with Gasteiger partial charge in [-0.15, -0.1) is 0 Å². The Bertz CT molecular complexity index is 1200. The van der Waals surface area contributed by atoms with Crippen LogP contribution in [0.25, 0.3) is 10.8 Å². The lowest BCUT2D eigenvalue weighted by Crippen LogP contribution is -2.51. The third kappa shape index (κ3) is 4.14. The number of hydrogen-bond acceptors (Lipinski definition) is 5. The van der Waals surface area contributed by atoms with E-state index in [2.05, 4.69) is 5.10 Å². The number of carbonyl (C=O) groups excluding carboxylic acids is 2. The van der Waals surface area contributed by atoms with Crippen LogP contribution in [0.4, 0.5) is 0 Å². The Labute approximate surface area is 179 Å². The number of fused-ring (bicyclic) bond motifs is 1. The van der Waals surface area contributed by atoms with Gasteiger partial charge in [0.25, 0.3) is 11.5 Å². The fourth-order valence-corrected chi connectivity index (χ4v) is 3.84. The van der Waals surface area contributed by atoms with Crippen LogP contribution in [-0.4, -0.2) is 64.7 Å². The molecular weight excluding hydrogens is 396 g/mol. The van der Waals surface area contributed by atoms with E-state index in [-0.39, 0.29) is 23.9 Å². The van der Waals surface area contributed by atoms with E-state index in [4.69, 9.17) is 4.74 Å². The van der Waals surface area contributed by atoms with Gasteiger partial charge in [-0.3, -0.25) is 14.4 Å². The van der Waals surface area contributed by atoms with Gasteiger partial charge in [-0.2, -0.15) is 5.10 Å². The first-order valence-corrected chi connectivity index (χ1v) is 10.2. The Morgan fingerprint density at radius 1 is 0.968 bits per heavy atom. The molecule has 0 unspecified atom stereocenters. The number of aromatic nitrogens is 2. The van der Waals surface area contributed by atoms with Gasteiger partial charge in [0.15, 0.2) is 0 Å². The molecule has 8 heteroatoms. The van der Waals surface area contributed by atoms with Crippen molar-refractivity contribution in [3.63, 3.8) is 0 Å². The summed E-state index contributed by atoms with van der Waals surface area (Å²) >= 11 is 0. The van der Waals surface area contributed by atoms with Crippen molar-refractivity contribution in [2.24, 2.45) is 0 Å². The molecule has 1 aliphatic heterocycles. The highest BCUT2D eigenvalue weighted by molar-refractivity contribution is 5.94. The second-order valence-electron chi connectivity index (χ2n) is 7.50. The quantitative estimate of drug-likeness (QED) is 0.641. The highest BCUT2D eigenvalue weighted by Gasteiger charge is 2.25. The molecule has 8 nitrogen and oxygen atoms in total. The number of amides is 2. The van der Waals surface area contributed by atoms with E-state index >= 15 is 0 Å². The van der Waals surface area contributed by atoms with Gasteiger partial charge < -0.3 is 14.5 Å². The average Bonchev–Trinajstić information content (AvgIpc) is 2.82. The van der Waals surface area contributed by atoms with Crippen LogP contribution in [0.2, 0.25) is 0 Å². The molecule has 0 saturated carbocycles. The van der Waals surface area contributed by atoms with Crippen LogP contribution in [-0.2, 0) is 11.3 Å². The van der Waals surface area contributed by atoms with E-state index in [1.807, 2.05) is 19.1 Å². The third-order valence-corrected chi connectivity index (χ3v) is 5.57. The van der Waals surface area contributed by atoms with Crippen molar-refractivity contribution in [3.05, 3.63) is 70.1 Å². The monoisotopic (exact) mass is 420 g/mol. The lowest BCUT2D eigenvalue weighted by Gasteiger charge is -2.35. The smallest absolute Gasteiger partial charge is 0.275 e. The number of rotatable bonds is 4. The predicted molar refractivity (Wildman–Crippen MR) is 116 cm³/mol. The van der Waals surface area contributed by atoms with Gasteiger partial charge in [0.1, 0.15) is 12.3 Å². The number of methoxy groups -OCH3 is 1. The van der Waals surface area contributed by atoms with E-state index in [1.54, 1.807) is 53.3 Å². The summed E-state index contributed by atoms with van der Waals surface area (Å²) in [6.07, 6.45) is 0. The van der Waals surface area contributed by atoms with Crippen LogP contribution in [0.5, 0.6) is 5.75 Å². The maximum atomic E-state index is 12.8. The Balaban J connectivity index is 1.42. The van der Waals surface area contributed by atoms with Crippen molar-refractivity contribution in [2.45, 2.75) is 13.5 Å². The largest absolute Gasteiger partial charge is 0.497 e. The van der Waals surface area contributed by atoms with Crippen LogP contribution in [0, 0.1) is 6.92 Å². The molecule has 2 heterocycles. The minimum absolute atomic E-state index is 0.0889. The van der Waals surface area contributed by atoms with Crippen LogP contribution >= 0.6 is 0 Å². The molecule has 0 atom stereocenters. The highest BCUT2D eigenvalue weighted by atomic mass is 16.5. The zero-order chi connectivity index (χ0) is 22.0. The van der Waals surface area contributed by atoms with Crippen molar-refractivity contribution in [1.29, 1.82) is 0 Å². The van der Waals surface area contributed by atoms with Crippen molar-refractivity contribution in [1.82, 2.24) is 19.6 Å². The molecule has 2 aromatic carbocycles. The Hall–Kier alpha value is -3.68. The van der Waals surface area contributed by atoms with Gasteiger partial charge in [-0.05, 0) is 31.2 Å². The standard InChI is InChI=1S/C23H24N4O4/c1-16-19-8-3-4-9-20(19)23(30)27(24-16)15-21(28)25-10-12-26(13-11-25)22(29)17-6-5-7-18(14-17)31-2/h3-9,14H,10-13,15H2,1-2H3. The minimum atomic E-state index is -0.276. The summed E-state index contributed by atoms with van der Waals surface area (Å²) in [5, 5.41) is 5.66. The summed E-state index contributed by atoms with van der Waals surface area (Å²) < 4.78 is 6.41. The van der Waals surface area contributed by atoms with Crippen LogP contribution < -0.4 is 10.3 Å². The van der Waals surface area contributed by atoms with E-state index in [1.165, 1.54) is 4.68 Å². The molecular formula is C23H24N4O4. The molecule has 160 valence electrons. The molecule has 0 radical (unpaired) electrons. The zero-order valence-electron chi connectivity index (χ0n) is 17.6. The Kier molecular flexibility index (Phi) is 5.70. The molecule has 0 N–H and O–H groups in total. The summed E-state index contributed by atoms with van der Waals surface area (Å²) in [4.78, 5) is 41.7. The van der Waals surface area contributed by atoms with Crippen molar-refractivity contribution < 1.29 is 14.3 Å². The van der Waals surface area contributed by atoms with E-state index in [9.17, 15) is 14.4 Å². The van der Waals surface area contributed by atoms with Gasteiger partial charge >= 0.3 is 0 Å². The number of nitrogens with zero attached hydrogens (tertiary/aromatic N) is 4. The molecule has 3 aromatic rings. The number of ether oxygens (including phenoxy) is 1. The van der Waals surface area contributed by atoms with E-state index < -0.39 is 0 Å². The Morgan fingerprint density at radius 2 is 1.65 bits per heavy atom. The first-order chi connectivity index (χ1) is 15.0. The molecule has 0 bridgehead atoms. The van der Waals surface area contributed by atoms with Gasteiger partial charge in [0.05, 0.1) is 18.2 Å². The summed E-state index contributed by atoms with van der Waals surface area (Å²) in [5.41, 5.74) is 0.986. The maximum Gasteiger partial charge on any atom is 0.275 e. The van der Waals surface area contributed by atoms with Gasteiger partial charge in [0.2, 0.25) is 5.91 Å². The number of benzene rings is 2. The molecule has 0 aliphatic carbocycles. The molecule has 1 aromatic heterocycles. The average molecular weight is 420 g/mol. The van der Waals surface area contributed by atoms with Crippen molar-refractivity contribution >= 4 is 22.6 Å². The van der Waals surface area contributed by atoms with Crippen molar-refractivity contribution in [3.8, 4) is 5.75 Å². The SMILES string of the molecule is COc1cccc(C(=O)N2CCN(C(=O)Cn3nc(C)c4ccccc4c3=O)CC2)c1. The van der Waals surface area contributed by atoms with Gasteiger partial charge in [-0.25, -0.2) is 4.68 Å². The van der Waals surface area contributed by atoms with Crippen LogP contribution in [0.3, 0.4) is 0 Å². The van der Waals surface area contributed by atoms with E-state index in [0.717, 1.165) is 5.39 Å². The lowest BCUT2D eigenvalue weighted by atomic mass is 10.1. The highest BCUT2D eigenvalue weighted by Crippen LogP contribution is 2.16. The fourth-order valence-electron chi connectivity index (χ4n) is 3.84. The molecule has 1 aliphatic rings. The lowest BCUT2D eigenvalue weighted by molar-refractivity contribution is -0.133. The summed E-state index contributed by atoms with van der Waals surface area (Å²) in [6.45, 7) is 3.40. The summed E-state index contributed by atoms with van der Waals surface area (Å²) in [5.74, 6) is 0.357. The van der Waals surface area contributed by atoms with Crippen molar-refractivity contribution in [2.75, 3.05) is 33.3 Å². The number of hydrogen-bond donors (Lipinski definition) is 0. The van der Waals surface area contributed by atoms with Gasteiger partial charge in [-0.1, -0.05) is 24.3 Å². The first kappa shape index (κ1) is 20.6. The van der Waals surface area contributed by atoms with Crippen LogP contribution in [0.1, 0.15) is 16.1 Å². The molecule has 1 fully saturated rings. The second kappa shape index (κ2) is 8.59. The maximum absolute atomic E-state index is 12.8. The van der Waals surface area contributed by atoms with E-state index in [0.29, 0.717) is 48.6 Å².